The van der Waals surface area contributed by atoms with Crippen LogP contribution in [0.2, 0.25) is 4.34 Å². The Labute approximate surface area is 124 Å². The molecular formula is C13H12ClN3O2S. The van der Waals surface area contributed by atoms with Crippen molar-refractivity contribution in [3.63, 3.8) is 0 Å². The van der Waals surface area contributed by atoms with Crippen LogP contribution in [0, 0.1) is 0 Å². The second-order valence-corrected chi connectivity index (χ2v) is 5.95. The number of carbonyl (C=O) groups excluding carboxylic acids is 1. The van der Waals surface area contributed by atoms with Crippen molar-refractivity contribution in [2.75, 3.05) is 6.61 Å². The largest absolute Gasteiger partial charge is 0.461 e. The van der Waals surface area contributed by atoms with Crippen LogP contribution in [0.4, 0.5) is 0 Å². The minimum absolute atomic E-state index is 0.346. The summed E-state index contributed by atoms with van der Waals surface area (Å²) in [6.45, 7) is 2.13. The highest BCUT2D eigenvalue weighted by Gasteiger charge is 2.17. The van der Waals surface area contributed by atoms with Gasteiger partial charge in [0.05, 0.1) is 15.8 Å². The summed E-state index contributed by atoms with van der Waals surface area (Å²) in [6, 6.07) is 3.77. The van der Waals surface area contributed by atoms with Gasteiger partial charge in [-0.15, -0.1) is 11.3 Å². The second kappa shape index (κ2) is 4.96. The number of imidazole rings is 2. The fourth-order valence-corrected chi connectivity index (χ4v) is 3.02. The number of halogens is 1. The van der Waals surface area contributed by atoms with Crippen molar-refractivity contribution in [2.24, 2.45) is 7.05 Å². The Kier molecular flexibility index (Phi) is 3.27. The number of esters is 1. The van der Waals surface area contributed by atoms with E-state index in [0.29, 0.717) is 18.1 Å². The molecule has 3 heterocycles. The third kappa shape index (κ3) is 2.10. The SMILES string of the molecule is CCOC(=O)c1cn2cc(-c3ccc(Cl)s3)nc2n1C. The average molecular weight is 310 g/mol. The number of hydrogen-bond acceptors (Lipinski definition) is 4. The Bertz CT molecular complexity index is 787. The van der Waals surface area contributed by atoms with Crippen LogP contribution in [0.15, 0.2) is 24.5 Å². The highest BCUT2D eigenvalue weighted by atomic mass is 35.5. The van der Waals surface area contributed by atoms with E-state index in [4.69, 9.17) is 16.3 Å². The van der Waals surface area contributed by atoms with Gasteiger partial charge in [-0.25, -0.2) is 9.78 Å². The Balaban J connectivity index is 2.04. The number of aromatic nitrogens is 3. The highest BCUT2D eigenvalue weighted by molar-refractivity contribution is 7.19. The number of aryl methyl sites for hydroxylation is 1. The Hall–Kier alpha value is -1.79. The van der Waals surface area contributed by atoms with Crippen LogP contribution in [0.3, 0.4) is 0 Å². The minimum atomic E-state index is -0.346. The average Bonchev–Trinajstić information content (AvgIpc) is 3.06. The van der Waals surface area contributed by atoms with Crippen molar-refractivity contribution >= 4 is 34.7 Å². The summed E-state index contributed by atoms with van der Waals surface area (Å²) in [4.78, 5) is 17.3. The van der Waals surface area contributed by atoms with Crippen molar-refractivity contribution < 1.29 is 9.53 Å². The summed E-state index contributed by atoms with van der Waals surface area (Å²) in [6.07, 6.45) is 3.60. The number of carbonyl (C=O) groups is 1. The summed E-state index contributed by atoms with van der Waals surface area (Å²) in [5.74, 6) is 0.341. The van der Waals surface area contributed by atoms with Gasteiger partial charge in [-0.3, -0.25) is 4.40 Å². The van der Waals surface area contributed by atoms with E-state index < -0.39 is 0 Å². The van der Waals surface area contributed by atoms with Gasteiger partial charge in [0.25, 0.3) is 0 Å². The molecule has 0 spiro atoms. The van der Waals surface area contributed by atoms with Gasteiger partial charge in [-0.2, -0.15) is 0 Å². The molecule has 3 aromatic rings. The first-order valence-electron chi connectivity index (χ1n) is 6.07. The monoisotopic (exact) mass is 309 g/mol. The Morgan fingerprint density at radius 1 is 1.45 bits per heavy atom. The van der Waals surface area contributed by atoms with Gasteiger partial charge in [0.1, 0.15) is 11.4 Å². The second-order valence-electron chi connectivity index (χ2n) is 4.23. The van der Waals surface area contributed by atoms with E-state index in [1.165, 1.54) is 11.3 Å². The first kappa shape index (κ1) is 13.2. The molecule has 0 saturated carbocycles. The summed E-state index contributed by atoms with van der Waals surface area (Å²) < 4.78 is 9.27. The van der Waals surface area contributed by atoms with Crippen molar-refractivity contribution in [3.05, 3.63) is 34.6 Å². The number of rotatable bonds is 3. The number of ether oxygens (including phenoxy) is 1. The smallest absolute Gasteiger partial charge is 0.356 e. The fourth-order valence-electron chi connectivity index (χ4n) is 2.02. The molecule has 0 atom stereocenters. The van der Waals surface area contributed by atoms with E-state index in [1.54, 1.807) is 24.7 Å². The van der Waals surface area contributed by atoms with Gasteiger partial charge >= 0.3 is 5.97 Å². The molecule has 20 heavy (non-hydrogen) atoms. The minimum Gasteiger partial charge on any atom is -0.461 e. The summed E-state index contributed by atoms with van der Waals surface area (Å²) in [5, 5.41) is 0. The van der Waals surface area contributed by atoms with Gasteiger partial charge in [0, 0.05) is 19.4 Å². The third-order valence-electron chi connectivity index (χ3n) is 2.95. The van der Waals surface area contributed by atoms with Crippen LogP contribution in [0.5, 0.6) is 0 Å². The molecule has 7 heteroatoms. The lowest BCUT2D eigenvalue weighted by Crippen LogP contribution is -2.09. The van der Waals surface area contributed by atoms with E-state index in [-0.39, 0.29) is 5.97 Å². The summed E-state index contributed by atoms with van der Waals surface area (Å²) in [5.41, 5.74) is 1.31. The van der Waals surface area contributed by atoms with Gasteiger partial charge in [-0.1, -0.05) is 11.6 Å². The lowest BCUT2D eigenvalue weighted by atomic mass is 10.4. The van der Waals surface area contributed by atoms with Crippen LogP contribution in [-0.2, 0) is 11.8 Å². The first-order chi connectivity index (χ1) is 9.60. The van der Waals surface area contributed by atoms with E-state index >= 15 is 0 Å². The maximum absolute atomic E-state index is 11.8. The molecule has 0 fully saturated rings. The van der Waals surface area contributed by atoms with Gasteiger partial charge < -0.3 is 9.30 Å². The fraction of sp³-hybridized carbons (Fsp3) is 0.231. The van der Waals surface area contributed by atoms with E-state index in [1.807, 2.05) is 22.7 Å². The lowest BCUT2D eigenvalue weighted by molar-refractivity contribution is 0.0515. The maximum Gasteiger partial charge on any atom is 0.356 e. The lowest BCUT2D eigenvalue weighted by Gasteiger charge is -2.01. The molecule has 0 aliphatic heterocycles. The van der Waals surface area contributed by atoms with E-state index in [0.717, 1.165) is 14.9 Å². The van der Waals surface area contributed by atoms with Gasteiger partial charge in [0.2, 0.25) is 5.78 Å². The Morgan fingerprint density at radius 3 is 2.85 bits per heavy atom. The maximum atomic E-state index is 11.8. The van der Waals surface area contributed by atoms with Crippen LogP contribution in [-0.4, -0.2) is 26.5 Å². The van der Waals surface area contributed by atoms with Crippen molar-refractivity contribution in [1.29, 1.82) is 0 Å². The number of hydrogen-bond donors (Lipinski definition) is 0. The summed E-state index contributed by atoms with van der Waals surface area (Å²) in [7, 11) is 1.79. The first-order valence-corrected chi connectivity index (χ1v) is 7.27. The molecule has 0 amide bonds. The standard InChI is InChI=1S/C13H12ClN3O2S/c1-3-19-12(18)9-7-17-6-8(15-13(17)16(9)2)10-4-5-11(14)20-10/h4-7H,3H2,1-2H3. The van der Waals surface area contributed by atoms with Crippen molar-refractivity contribution in [3.8, 4) is 10.6 Å². The molecule has 0 N–H and O–H groups in total. The van der Waals surface area contributed by atoms with Crippen molar-refractivity contribution in [2.45, 2.75) is 6.92 Å². The summed E-state index contributed by atoms with van der Waals surface area (Å²) >= 11 is 7.41. The molecule has 5 nitrogen and oxygen atoms in total. The highest BCUT2D eigenvalue weighted by Crippen LogP contribution is 2.30. The topological polar surface area (TPSA) is 48.5 Å². The molecule has 0 bridgehead atoms. The molecule has 3 aromatic heterocycles. The van der Waals surface area contributed by atoms with Crippen LogP contribution in [0.1, 0.15) is 17.4 Å². The molecule has 0 aliphatic rings. The van der Waals surface area contributed by atoms with Gasteiger partial charge in [0.15, 0.2) is 0 Å². The Morgan fingerprint density at radius 2 is 2.25 bits per heavy atom. The zero-order valence-corrected chi connectivity index (χ0v) is 12.5. The quantitative estimate of drug-likeness (QED) is 0.698. The normalized spacial score (nSPS) is 11.2. The molecule has 0 saturated heterocycles. The zero-order valence-electron chi connectivity index (χ0n) is 11.0. The molecule has 0 aromatic carbocycles. The predicted molar refractivity (Wildman–Crippen MR) is 78.4 cm³/mol. The third-order valence-corrected chi connectivity index (χ3v) is 4.20. The van der Waals surface area contributed by atoms with Crippen LogP contribution < -0.4 is 0 Å². The molecule has 104 valence electrons. The van der Waals surface area contributed by atoms with E-state index in [9.17, 15) is 4.79 Å². The zero-order chi connectivity index (χ0) is 14.3. The number of nitrogens with zero attached hydrogens (tertiary/aromatic N) is 3. The molecular weight excluding hydrogens is 298 g/mol. The molecule has 0 radical (unpaired) electrons. The predicted octanol–water partition coefficient (Wildman–Crippen LogP) is 3.23. The molecule has 3 rings (SSSR count). The van der Waals surface area contributed by atoms with Crippen LogP contribution >= 0.6 is 22.9 Å². The van der Waals surface area contributed by atoms with Gasteiger partial charge in [-0.05, 0) is 19.1 Å². The van der Waals surface area contributed by atoms with E-state index in [2.05, 4.69) is 4.98 Å². The number of fused-ring (bicyclic) bond motifs is 1. The van der Waals surface area contributed by atoms with Crippen molar-refractivity contribution in [1.82, 2.24) is 14.0 Å². The molecule has 0 unspecified atom stereocenters. The molecule has 0 aliphatic carbocycles. The number of thiophene rings is 1. The van der Waals surface area contributed by atoms with Crippen LogP contribution in [0.25, 0.3) is 16.3 Å².